The second kappa shape index (κ2) is 5.04. The third-order valence-corrected chi connectivity index (χ3v) is 4.88. The molecule has 1 aromatic heterocycles. The maximum Gasteiger partial charge on any atom is 0.251 e. The van der Waals surface area contributed by atoms with Gasteiger partial charge in [0.05, 0.1) is 5.02 Å². The zero-order valence-corrected chi connectivity index (χ0v) is 12.4. The number of benzene rings is 1. The molecule has 3 atom stereocenters. The molecule has 0 saturated carbocycles. The molecule has 3 unspecified atom stereocenters. The summed E-state index contributed by atoms with van der Waals surface area (Å²) in [6.07, 6.45) is 3.86. The summed E-state index contributed by atoms with van der Waals surface area (Å²) in [5, 5.41) is 4.49. The lowest BCUT2D eigenvalue weighted by molar-refractivity contribution is 0.0909. The lowest BCUT2D eigenvalue weighted by Crippen LogP contribution is -2.47. The average molecular weight is 305 g/mol. The number of furan rings is 1. The summed E-state index contributed by atoms with van der Waals surface area (Å²) >= 11 is 6.06. The van der Waals surface area contributed by atoms with Gasteiger partial charge in [0.15, 0.2) is 0 Å². The molecular weight excluding hydrogens is 288 g/mol. The number of hydrogen-bond acceptors (Lipinski definition) is 3. The van der Waals surface area contributed by atoms with Crippen LogP contribution in [-0.4, -0.2) is 36.5 Å². The van der Waals surface area contributed by atoms with Gasteiger partial charge in [-0.15, -0.1) is 0 Å². The molecule has 21 heavy (non-hydrogen) atoms. The van der Waals surface area contributed by atoms with Crippen LogP contribution >= 0.6 is 11.6 Å². The zero-order chi connectivity index (χ0) is 14.4. The van der Waals surface area contributed by atoms with Gasteiger partial charge in [0.25, 0.3) is 5.91 Å². The van der Waals surface area contributed by atoms with Crippen molar-refractivity contribution in [3.63, 3.8) is 0 Å². The van der Waals surface area contributed by atoms with Crippen LogP contribution < -0.4 is 5.32 Å². The van der Waals surface area contributed by atoms with E-state index in [1.165, 1.54) is 25.8 Å². The number of fused-ring (bicyclic) bond motifs is 3. The van der Waals surface area contributed by atoms with Gasteiger partial charge >= 0.3 is 0 Å². The summed E-state index contributed by atoms with van der Waals surface area (Å²) in [5.41, 5.74) is 1.34. The Morgan fingerprint density at radius 3 is 3.14 bits per heavy atom. The van der Waals surface area contributed by atoms with E-state index in [9.17, 15) is 4.79 Å². The molecule has 2 aliphatic heterocycles. The highest BCUT2D eigenvalue weighted by Crippen LogP contribution is 2.28. The van der Waals surface area contributed by atoms with Crippen molar-refractivity contribution in [3.05, 3.63) is 35.0 Å². The fourth-order valence-electron chi connectivity index (χ4n) is 3.57. The first kappa shape index (κ1) is 13.2. The van der Waals surface area contributed by atoms with E-state index in [0.29, 0.717) is 16.2 Å². The van der Waals surface area contributed by atoms with E-state index in [0.717, 1.165) is 24.3 Å². The van der Waals surface area contributed by atoms with Crippen molar-refractivity contribution in [3.8, 4) is 0 Å². The predicted octanol–water partition coefficient (Wildman–Crippen LogP) is 2.91. The third kappa shape index (κ3) is 2.43. The average Bonchev–Trinajstić information content (AvgIpc) is 3.02. The van der Waals surface area contributed by atoms with Crippen molar-refractivity contribution in [1.29, 1.82) is 0 Å². The van der Waals surface area contributed by atoms with E-state index in [1.54, 1.807) is 18.2 Å². The van der Waals surface area contributed by atoms with Crippen LogP contribution in [0.25, 0.3) is 11.0 Å². The predicted molar refractivity (Wildman–Crippen MR) is 81.6 cm³/mol. The van der Waals surface area contributed by atoms with E-state index in [1.807, 2.05) is 0 Å². The van der Waals surface area contributed by atoms with Crippen molar-refractivity contribution in [2.24, 2.45) is 5.92 Å². The van der Waals surface area contributed by atoms with Crippen LogP contribution in [0.4, 0.5) is 0 Å². The lowest BCUT2D eigenvalue weighted by Gasteiger charge is -2.30. The number of nitrogens with one attached hydrogen (secondary N) is 1. The van der Waals surface area contributed by atoms with Crippen LogP contribution in [0.2, 0.25) is 5.02 Å². The molecular formula is C16H17ClN2O2. The molecule has 2 bridgehead atoms. The molecule has 4 rings (SSSR count). The molecule has 2 aromatic rings. The number of carbonyl (C=O) groups is 1. The first-order chi connectivity index (χ1) is 10.2. The number of nitrogens with zero attached hydrogens (tertiary/aromatic N) is 1. The van der Waals surface area contributed by atoms with Gasteiger partial charge in [-0.25, -0.2) is 0 Å². The second-order valence-electron chi connectivity index (χ2n) is 6.11. The Balaban J connectivity index is 1.52. The van der Waals surface area contributed by atoms with Crippen LogP contribution in [0, 0.1) is 5.92 Å². The van der Waals surface area contributed by atoms with Crippen LogP contribution in [-0.2, 0) is 0 Å². The lowest BCUT2D eigenvalue weighted by atomic mass is 9.96. The van der Waals surface area contributed by atoms with Gasteiger partial charge < -0.3 is 14.6 Å². The molecule has 2 aliphatic rings. The monoisotopic (exact) mass is 304 g/mol. The summed E-state index contributed by atoms with van der Waals surface area (Å²) in [6.45, 7) is 3.34. The van der Waals surface area contributed by atoms with Crippen LogP contribution in [0.5, 0.6) is 0 Å². The van der Waals surface area contributed by atoms with Crippen molar-refractivity contribution in [2.45, 2.75) is 18.9 Å². The Morgan fingerprint density at radius 2 is 2.29 bits per heavy atom. The standard InChI is InChI=1S/C16H17ClN2O2/c17-14-9-21-15-2-1-11(6-13(14)15)16(20)18-12-5-10-3-4-19(7-10)8-12/h1-2,6,9-10,12H,3-5,7-8H2,(H,18,20). The highest BCUT2D eigenvalue weighted by atomic mass is 35.5. The fourth-order valence-corrected chi connectivity index (χ4v) is 3.76. The molecule has 1 N–H and O–H groups in total. The summed E-state index contributed by atoms with van der Waals surface area (Å²) in [7, 11) is 0. The molecule has 1 aromatic carbocycles. The number of halogens is 1. The van der Waals surface area contributed by atoms with Gasteiger partial charge in [0, 0.05) is 30.1 Å². The summed E-state index contributed by atoms with van der Waals surface area (Å²) in [4.78, 5) is 14.9. The second-order valence-corrected chi connectivity index (χ2v) is 6.52. The van der Waals surface area contributed by atoms with Gasteiger partial charge in [-0.3, -0.25) is 4.79 Å². The molecule has 0 spiro atoms. The number of rotatable bonds is 2. The Bertz CT molecular complexity index is 685. The molecule has 2 fully saturated rings. The van der Waals surface area contributed by atoms with Crippen LogP contribution in [0.3, 0.4) is 0 Å². The van der Waals surface area contributed by atoms with Crippen molar-refractivity contribution >= 4 is 28.5 Å². The van der Waals surface area contributed by atoms with E-state index in [2.05, 4.69) is 10.2 Å². The minimum atomic E-state index is -0.0262. The molecule has 0 radical (unpaired) electrons. The van der Waals surface area contributed by atoms with Gasteiger partial charge in [0.2, 0.25) is 0 Å². The fraction of sp³-hybridized carbons (Fsp3) is 0.438. The van der Waals surface area contributed by atoms with Crippen molar-refractivity contribution in [1.82, 2.24) is 10.2 Å². The number of piperidine rings is 1. The minimum Gasteiger partial charge on any atom is -0.463 e. The normalized spacial score (nSPS) is 28.0. The summed E-state index contributed by atoms with van der Waals surface area (Å²) < 4.78 is 5.30. The molecule has 0 aliphatic carbocycles. The number of amides is 1. The Hall–Kier alpha value is -1.52. The van der Waals surface area contributed by atoms with Crippen LogP contribution in [0.15, 0.2) is 28.9 Å². The topological polar surface area (TPSA) is 45.5 Å². The molecule has 4 nitrogen and oxygen atoms in total. The van der Waals surface area contributed by atoms with Gasteiger partial charge in [-0.05, 0) is 43.5 Å². The smallest absolute Gasteiger partial charge is 0.251 e. The largest absolute Gasteiger partial charge is 0.463 e. The SMILES string of the molecule is O=C(NC1CC2CCN(C2)C1)c1ccc2occ(Cl)c2c1. The number of carbonyl (C=O) groups excluding carboxylic acids is 1. The maximum absolute atomic E-state index is 12.4. The Morgan fingerprint density at radius 1 is 1.38 bits per heavy atom. The van der Waals surface area contributed by atoms with Crippen molar-refractivity contribution < 1.29 is 9.21 Å². The molecule has 5 heteroatoms. The van der Waals surface area contributed by atoms with E-state index in [4.69, 9.17) is 16.0 Å². The number of hydrogen-bond donors (Lipinski definition) is 1. The summed E-state index contributed by atoms with van der Waals surface area (Å²) in [6, 6.07) is 5.64. The van der Waals surface area contributed by atoms with E-state index in [-0.39, 0.29) is 11.9 Å². The third-order valence-electron chi connectivity index (χ3n) is 4.59. The first-order valence-corrected chi connectivity index (χ1v) is 7.77. The van der Waals surface area contributed by atoms with Gasteiger partial charge in [-0.2, -0.15) is 0 Å². The summed E-state index contributed by atoms with van der Waals surface area (Å²) in [5.74, 6) is 0.719. The first-order valence-electron chi connectivity index (χ1n) is 7.39. The van der Waals surface area contributed by atoms with Crippen molar-refractivity contribution in [2.75, 3.05) is 19.6 Å². The molecule has 110 valence electrons. The highest BCUT2D eigenvalue weighted by molar-refractivity contribution is 6.35. The van der Waals surface area contributed by atoms with E-state index < -0.39 is 0 Å². The minimum absolute atomic E-state index is 0.0262. The van der Waals surface area contributed by atoms with Crippen LogP contribution in [0.1, 0.15) is 23.2 Å². The molecule has 3 heterocycles. The maximum atomic E-state index is 12.4. The van der Waals surface area contributed by atoms with E-state index >= 15 is 0 Å². The van der Waals surface area contributed by atoms with Gasteiger partial charge in [-0.1, -0.05) is 11.6 Å². The quantitative estimate of drug-likeness (QED) is 0.928. The molecule has 1 amide bonds. The Kier molecular flexibility index (Phi) is 3.16. The van der Waals surface area contributed by atoms with Gasteiger partial charge in [0.1, 0.15) is 11.8 Å². The zero-order valence-electron chi connectivity index (χ0n) is 11.6. The highest BCUT2D eigenvalue weighted by Gasteiger charge is 2.32. The Labute approximate surface area is 128 Å². The molecule has 2 saturated heterocycles.